The van der Waals surface area contributed by atoms with Crippen LogP contribution in [0.2, 0.25) is 0 Å². The average Bonchev–Trinajstić information content (AvgIpc) is 3.55. The number of hydrogen-bond acceptors (Lipinski definition) is 12. The van der Waals surface area contributed by atoms with E-state index in [-0.39, 0.29) is 28.3 Å². The van der Waals surface area contributed by atoms with E-state index in [2.05, 4.69) is 15.1 Å². The van der Waals surface area contributed by atoms with Gasteiger partial charge in [-0.2, -0.15) is 4.98 Å². The second-order valence-electron chi connectivity index (χ2n) is 10.4. The number of nitrogens with one attached hydrogen (secondary N) is 1. The molecule has 0 radical (unpaired) electrons. The number of ether oxygens (including phenoxy) is 5. The summed E-state index contributed by atoms with van der Waals surface area (Å²) >= 11 is 17.9. The van der Waals surface area contributed by atoms with Crippen molar-refractivity contribution in [1.29, 1.82) is 5.41 Å². The maximum absolute atomic E-state index is 13.7. The summed E-state index contributed by atoms with van der Waals surface area (Å²) < 4.78 is 28.7. The fraction of sp³-hybridized carbons (Fsp3) is 0.182. The smallest absolute Gasteiger partial charge is 0.338 e. The van der Waals surface area contributed by atoms with Crippen LogP contribution >= 0.6 is 34.8 Å². The monoisotopic (exact) mass is 723 g/mol. The van der Waals surface area contributed by atoms with Gasteiger partial charge in [-0.3, -0.25) is 5.41 Å². The number of aromatic nitrogens is 4. The van der Waals surface area contributed by atoms with Crippen molar-refractivity contribution in [2.45, 2.75) is 34.5 Å². The summed E-state index contributed by atoms with van der Waals surface area (Å²) in [7, 11) is 0. The largest absolute Gasteiger partial charge is 0.451 e. The lowest BCUT2D eigenvalue weighted by molar-refractivity contribution is -0.278. The molecule has 0 bridgehead atoms. The zero-order chi connectivity index (χ0) is 34.5. The third-order valence-electron chi connectivity index (χ3n) is 7.13. The molecule has 5 aromatic rings. The highest BCUT2D eigenvalue weighted by molar-refractivity contribution is 6.76. The maximum atomic E-state index is 13.7. The Morgan fingerprint density at radius 2 is 1.18 bits per heavy atom. The summed E-state index contributed by atoms with van der Waals surface area (Å²) in [5, 5.41) is 12.7. The van der Waals surface area contributed by atoms with Gasteiger partial charge < -0.3 is 23.7 Å². The molecule has 16 heteroatoms. The van der Waals surface area contributed by atoms with Gasteiger partial charge in [0.1, 0.15) is 0 Å². The Balaban J connectivity index is 1.49. The normalized spacial score (nSPS) is 20.6. The van der Waals surface area contributed by atoms with Crippen LogP contribution < -0.4 is 0 Å². The number of esters is 3. The number of hydrogen-bond donors (Lipinski definition) is 1. The Kier molecular flexibility index (Phi) is 10.1. The molecule has 1 aliphatic rings. The lowest BCUT2D eigenvalue weighted by Crippen LogP contribution is -2.60. The molecule has 1 saturated heterocycles. The molecule has 0 spiro atoms. The van der Waals surface area contributed by atoms with Gasteiger partial charge in [-0.05, 0) is 42.5 Å². The van der Waals surface area contributed by atoms with E-state index in [0.29, 0.717) is 0 Å². The third kappa shape index (κ3) is 7.81. The molecule has 3 heterocycles. The summed E-state index contributed by atoms with van der Waals surface area (Å²) in [6.07, 6.45) is -5.24. The molecule has 6 rings (SSSR count). The molecule has 0 amide bonds. The second-order valence-corrected chi connectivity index (χ2v) is 12.7. The molecular formula is C33H24Cl3N5O8. The highest BCUT2D eigenvalue weighted by Crippen LogP contribution is 2.39. The Hall–Kier alpha value is -5.08. The van der Waals surface area contributed by atoms with Crippen LogP contribution in [0.5, 0.6) is 0 Å². The third-order valence-corrected chi connectivity index (χ3v) is 7.65. The van der Waals surface area contributed by atoms with Gasteiger partial charge in [0, 0.05) is 12.4 Å². The van der Waals surface area contributed by atoms with Gasteiger partial charge >= 0.3 is 17.9 Å². The minimum absolute atomic E-state index is 0.0906. The molecule has 1 fully saturated rings. The van der Waals surface area contributed by atoms with Crippen molar-refractivity contribution in [2.24, 2.45) is 0 Å². The van der Waals surface area contributed by atoms with Crippen molar-refractivity contribution in [1.82, 2.24) is 19.6 Å². The Labute approximate surface area is 293 Å². The van der Waals surface area contributed by atoms with Gasteiger partial charge in [-0.15, -0.1) is 5.10 Å². The van der Waals surface area contributed by atoms with E-state index in [1.54, 1.807) is 66.9 Å². The first-order valence-electron chi connectivity index (χ1n) is 14.5. The van der Waals surface area contributed by atoms with Crippen molar-refractivity contribution in [3.63, 3.8) is 0 Å². The molecule has 0 aliphatic carbocycles. The van der Waals surface area contributed by atoms with Crippen molar-refractivity contribution >= 4 is 64.4 Å². The number of benzene rings is 3. The zero-order valence-corrected chi connectivity index (χ0v) is 27.2. The number of carbonyl (C=O) groups is 3. The van der Waals surface area contributed by atoms with Crippen LogP contribution in [0.4, 0.5) is 0 Å². The van der Waals surface area contributed by atoms with E-state index in [9.17, 15) is 14.4 Å². The van der Waals surface area contributed by atoms with Crippen LogP contribution in [-0.2, 0) is 23.7 Å². The molecule has 2 aromatic heterocycles. The fourth-order valence-electron chi connectivity index (χ4n) is 4.85. The number of rotatable bonds is 8. The summed E-state index contributed by atoms with van der Waals surface area (Å²) in [4.78, 5) is 49.4. The summed E-state index contributed by atoms with van der Waals surface area (Å²) in [6.45, 7) is 0. The van der Waals surface area contributed by atoms with E-state index in [1.807, 2.05) is 0 Å². The minimum atomic E-state index is -2.38. The van der Waals surface area contributed by atoms with Crippen molar-refractivity contribution in [3.05, 3.63) is 132 Å². The molecule has 49 heavy (non-hydrogen) atoms. The van der Waals surface area contributed by atoms with Gasteiger partial charge in [0.2, 0.25) is 18.3 Å². The lowest BCUT2D eigenvalue weighted by atomic mass is 9.96. The number of carbonyl (C=O) groups excluding carboxylic acids is 3. The molecule has 250 valence electrons. The molecule has 5 atom stereocenters. The van der Waals surface area contributed by atoms with E-state index in [0.717, 1.165) is 0 Å². The standard InChI is InChI=1S/C33H24Cl3N5O8/c34-33(35,36)31(37)49-30-25(47-29(44)21-15-8-3-9-16-21)23(46-28(43)20-13-6-2-7-14-20)22(45-27(42)19-11-4-1-5-12-19)24(48-30)26-39-32-38-17-10-18-41(32)40-26/h1-18,22-25,30,37H/t22-,23-,24-,25+,30+/m0/s1. The molecule has 3 aromatic carbocycles. The molecular weight excluding hydrogens is 701 g/mol. The second kappa shape index (κ2) is 14.6. The van der Waals surface area contributed by atoms with E-state index >= 15 is 0 Å². The number of alkyl halides is 3. The lowest BCUT2D eigenvalue weighted by Gasteiger charge is -2.43. The molecule has 0 unspecified atom stereocenters. The number of nitrogens with zero attached hydrogens (tertiary/aromatic N) is 4. The summed E-state index contributed by atoms with van der Waals surface area (Å²) in [6, 6.07) is 25.4. The van der Waals surface area contributed by atoms with E-state index in [4.69, 9.17) is 63.9 Å². The quantitative estimate of drug-likeness (QED) is 0.0700. The molecule has 1 aliphatic heterocycles. The first-order chi connectivity index (χ1) is 23.6. The number of fused-ring (bicyclic) bond motifs is 1. The average molecular weight is 725 g/mol. The van der Waals surface area contributed by atoms with Crippen LogP contribution in [0.1, 0.15) is 43.0 Å². The predicted octanol–water partition coefficient (Wildman–Crippen LogP) is 5.56. The highest BCUT2D eigenvalue weighted by atomic mass is 35.6. The SMILES string of the molecule is N=C(O[C@H]1O[C@H](c2nc3ncccn3n2)[C@@H](OC(=O)c2ccccc2)[C@H](OC(=O)c2ccccc2)[C@H]1OC(=O)c1ccccc1)C(Cl)(Cl)Cl. The predicted molar refractivity (Wildman–Crippen MR) is 174 cm³/mol. The molecule has 0 saturated carbocycles. The fourth-order valence-corrected chi connectivity index (χ4v) is 4.99. The first-order valence-corrected chi connectivity index (χ1v) is 15.6. The van der Waals surface area contributed by atoms with Gasteiger partial charge in [-0.25, -0.2) is 23.9 Å². The summed E-state index contributed by atoms with van der Waals surface area (Å²) in [5.74, 6) is -3.48. The van der Waals surface area contributed by atoms with Crippen LogP contribution in [0.25, 0.3) is 5.78 Å². The topological polar surface area (TPSA) is 164 Å². The maximum Gasteiger partial charge on any atom is 0.338 e. The van der Waals surface area contributed by atoms with Crippen molar-refractivity contribution in [3.8, 4) is 0 Å². The van der Waals surface area contributed by atoms with Gasteiger partial charge in [-0.1, -0.05) is 89.4 Å². The van der Waals surface area contributed by atoms with Crippen LogP contribution in [0.15, 0.2) is 109 Å². The van der Waals surface area contributed by atoms with Gasteiger partial charge in [0.05, 0.1) is 16.7 Å². The highest BCUT2D eigenvalue weighted by Gasteiger charge is 2.56. The Morgan fingerprint density at radius 1 is 0.694 bits per heavy atom. The first kappa shape index (κ1) is 33.8. The Morgan fingerprint density at radius 3 is 1.67 bits per heavy atom. The van der Waals surface area contributed by atoms with Gasteiger partial charge in [0.15, 0.2) is 24.1 Å². The van der Waals surface area contributed by atoms with Crippen LogP contribution in [0.3, 0.4) is 0 Å². The van der Waals surface area contributed by atoms with E-state index in [1.165, 1.54) is 47.1 Å². The summed E-state index contributed by atoms with van der Waals surface area (Å²) in [5.41, 5.74) is 0.375. The van der Waals surface area contributed by atoms with Gasteiger partial charge in [0.25, 0.3) is 9.57 Å². The Bertz CT molecular complexity index is 1930. The molecule has 13 nitrogen and oxygen atoms in total. The van der Waals surface area contributed by atoms with Crippen LogP contribution in [0, 0.1) is 5.41 Å². The van der Waals surface area contributed by atoms with E-state index < -0.39 is 58.3 Å². The van der Waals surface area contributed by atoms with Crippen molar-refractivity contribution < 1.29 is 38.1 Å². The van der Waals surface area contributed by atoms with Crippen molar-refractivity contribution in [2.75, 3.05) is 0 Å². The molecule has 1 N–H and O–H groups in total. The van der Waals surface area contributed by atoms with Crippen LogP contribution in [-0.4, -0.2) is 71.8 Å². The zero-order valence-electron chi connectivity index (χ0n) is 25.0. The minimum Gasteiger partial charge on any atom is -0.451 e. The number of halogens is 3.